The van der Waals surface area contributed by atoms with Gasteiger partial charge in [0.1, 0.15) is 5.82 Å². The summed E-state index contributed by atoms with van der Waals surface area (Å²) in [6.07, 6.45) is 7.58. The number of hydrogen-bond acceptors (Lipinski definition) is 3. The van der Waals surface area contributed by atoms with Crippen LogP contribution in [0.3, 0.4) is 0 Å². The molecule has 0 amide bonds. The molecule has 0 saturated heterocycles. The Morgan fingerprint density at radius 2 is 1.40 bits per heavy atom. The van der Waals surface area contributed by atoms with Crippen LogP contribution in [-0.4, -0.2) is 16.0 Å². The van der Waals surface area contributed by atoms with Crippen LogP contribution in [0.5, 0.6) is 0 Å². The Bertz CT molecular complexity index is 1770. The summed E-state index contributed by atoms with van der Waals surface area (Å²) >= 11 is 3.42. The molecule has 6 aromatic rings. The van der Waals surface area contributed by atoms with Crippen LogP contribution >= 0.6 is 23.5 Å². The largest absolute Gasteiger partial charge is 0.360 e. The maximum atomic E-state index is 14.6. The zero-order chi connectivity index (χ0) is 27.5. The number of para-hydroxylation sites is 1. The molecule has 0 radical (unpaired) electrons. The van der Waals surface area contributed by atoms with Gasteiger partial charge in [0.2, 0.25) is 0 Å². The van der Waals surface area contributed by atoms with Crippen LogP contribution in [0.2, 0.25) is 0 Å². The van der Waals surface area contributed by atoms with E-state index in [-0.39, 0.29) is 11.9 Å². The van der Waals surface area contributed by atoms with Crippen molar-refractivity contribution in [3.05, 3.63) is 120 Å². The van der Waals surface area contributed by atoms with E-state index in [0.717, 1.165) is 41.0 Å². The summed E-state index contributed by atoms with van der Waals surface area (Å²) in [5.41, 5.74) is 12.6. The highest BCUT2D eigenvalue weighted by molar-refractivity contribution is 8.00. The first kappa shape index (κ1) is 26.8. The summed E-state index contributed by atoms with van der Waals surface area (Å²) in [6, 6.07) is 28.7. The van der Waals surface area contributed by atoms with Crippen LogP contribution in [0.4, 0.5) is 4.39 Å². The van der Waals surface area contributed by atoms with Gasteiger partial charge in [-0.15, -0.1) is 0 Å². The van der Waals surface area contributed by atoms with Crippen LogP contribution in [0, 0.1) is 5.82 Å². The molecular formula is C34H32FN3S2. The maximum Gasteiger partial charge on any atom is 0.133 e. The molecule has 6 heteroatoms. The van der Waals surface area contributed by atoms with Gasteiger partial charge in [-0.25, -0.2) is 4.39 Å². The molecule has 0 aliphatic rings. The van der Waals surface area contributed by atoms with Crippen molar-refractivity contribution in [1.82, 2.24) is 9.97 Å². The second-order valence-corrected chi connectivity index (χ2v) is 12.3. The fourth-order valence-corrected chi connectivity index (χ4v) is 7.48. The van der Waals surface area contributed by atoms with E-state index in [4.69, 9.17) is 5.73 Å². The van der Waals surface area contributed by atoms with Crippen molar-refractivity contribution in [2.75, 3.05) is 0 Å². The first-order valence-electron chi connectivity index (χ1n) is 13.7. The SMILES string of the molecule is CCc1cccc2c(Sc3ccccc3CC(N)CCc3ccccc3Sc3c[nH]c4cccc(F)c34)c[nH]c12. The van der Waals surface area contributed by atoms with Crippen molar-refractivity contribution < 1.29 is 4.39 Å². The second-order valence-electron chi connectivity index (χ2n) is 10.1. The van der Waals surface area contributed by atoms with Gasteiger partial charge in [-0.05, 0) is 66.6 Å². The average Bonchev–Trinajstić information content (AvgIpc) is 3.58. The van der Waals surface area contributed by atoms with Gasteiger partial charge in [-0.3, -0.25) is 0 Å². The third-order valence-electron chi connectivity index (χ3n) is 7.42. The molecule has 0 bridgehead atoms. The Labute approximate surface area is 242 Å². The molecule has 4 aromatic carbocycles. The molecule has 6 rings (SSSR count). The number of aromatic amines is 2. The fourth-order valence-electron chi connectivity index (χ4n) is 5.31. The highest BCUT2D eigenvalue weighted by Gasteiger charge is 2.15. The van der Waals surface area contributed by atoms with E-state index >= 15 is 0 Å². The van der Waals surface area contributed by atoms with Crippen molar-refractivity contribution in [1.29, 1.82) is 0 Å². The van der Waals surface area contributed by atoms with E-state index in [1.165, 1.54) is 43.5 Å². The lowest BCUT2D eigenvalue weighted by atomic mass is 10.00. The van der Waals surface area contributed by atoms with E-state index in [1.54, 1.807) is 17.8 Å². The zero-order valence-electron chi connectivity index (χ0n) is 22.4. The number of aryl methyl sites for hydroxylation is 2. The molecule has 2 aromatic heterocycles. The number of benzene rings is 4. The predicted octanol–water partition coefficient (Wildman–Crippen LogP) is 9.16. The molecule has 202 valence electrons. The minimum absolute atomic E-state index is 0.0278. The Balaban J connectivity index is 1.15. The standard InChI is InChI=1S/C34H32FN3S2/c1-2-22-11-7-12-26-31(20-38-34(22)26)39-30-16-6-4-10-24(30)19-25(36)18-17-23-9-3-5-15-29(23)40-32-21-37-28-14-8-13-27(35)33(28)32/h3-16,20-21,25,37-38H,2,17-19,36H2,1H3. The Morgan fingerprint density at radius 1 is 0.725 bits per heavy atom. The number of nitrogens with one attached hydrogen (secondary N) is 2. The average molecular weight is 566 g/mol. The lowest BCUT2D eigenvalue weighted by Crippen LogP contribution is -2.23. The molecule has 0 aliphatic carbocycles. The molecule has 0 aliphatic heterocycles. The van der Waals surface area contributed by atoms with Crippen LogP contribution in [-0.2, 0) is 19.3 Å². The van der Waals surface area contributed by atoms with Crippen LogP contribution in [0.15, 0.2) is 117 Å². The van der Waals surface area contributed by atoms with E-state index in [0.29, 0.717) is 5.39 Å². The third kappa shape index (κ3) is 5.57. The molecule has 1 atom stereocenters. The topological polar surface area (TPSA) is 57.6 Å². The summed E-state index contributed by atoms with van der Waals surface area (Å²) in [5.74, 6) is -0.198. The molecule has 0 fully saturated rings. The van der Waals surface area contributed by atoms with Gasteiger partial charge >= 0.3 is 0 Å². The van der Waals surface area contributed by atoms with Gasteiger partial charge in [0.25, 0.3) is 0 Å². The summed E-state index contributed by atoms with van der Waals surface area (Å²) in [6.45, 7) is 2.19. The summed E-state index contributed by atoms with van der Waals surface area (Å²) < 4.78 is 14.6. The summed E-state index contributed by atoms with van der Waals surface area (Å²) in [5, 5.41) is 1.92. The quantitative estimate of drug-likeness (QED) is 0.155. The Hall–Kier alpha value is -3.45. The number of H-pyrrole nitrogens is 2. The van der Waals surface area contributed by atoms with Gasteiger partial charge in [0.05, 0.1) is 0 Å². The van der Waals surface area contributed by atoms with Crippen molar-refractivity contribution in [2.45, 2.75) is 58.2 Å². The minimum atomic E-state index is -0.198. The molecule has 0 spiro atoms. The normalized spacial score (nSPS) is 12.4. The predicted molar refractivity (Wildman–Crippen MR) is 167 cm³/mol. The second kappa shape index (κ2) is 12.0. The molecular weight excluding hydrogens is 534 g/mol. The van der Waals surface area contributed by atoms with Crippen LogP contribution in [0.25, 0.3) is 21.8 Å². The molecule has 2 heterocycles. The third-order valence-corrected chi connectivity index (χ3v) is 9.75. The summed E-state index contributed by atoms with van der Waals surface area (Å²) in [7, 11) is 0. The number of aromatic nitrogens is 2. The van der Waals surface area contributed by atoms with Crippen molar-refractivity contribution in [3.8, 4) is 0 Å². The highest BCUT2D eigenvalue weighted by Crippen LogP contribution is 2.38. The Morgan fingerprint density at radius 3 is 2.23 bits per heavy atom. The number of fused-ring (bicyclic) bond motifs is 2. The number of hydrogen-bond donors (Lipinski definition) is 3. The molecule has 3 nitrogen and oxygen atoms in total. The fraction of sp³-hybridized carbons (Fsp3) is 0.176. The maximum absolute atomic E-state index is 14.6. The van der Waals surface area contributed by atoms with Gasteiger partial charge in [-0.1, -0.05) is 91.1 Å². The monoisotopic (exact) mass is 565 g/mol. The first-order valence-corrected chi connectivity index (χ1v) is 15.4. The number of rotatable bonds is 10. The number of nitrogens with two attached hydrogens (primary N) is 1. The molecule has 0 saturated carbocycles. The van der Waals surface area contributed by atoms with Gasteiger partial charge in [0.15, 0.2) is 0 Å². The van der Waals surface area contributed by atoms with E-state index in [1.807, 2.05) is 30.1 Å². The van der Waals surface area contributed by atoms with Crippen LogP contribution in [0.1, 0.15) is 30.0 Å². The van der Waals surface area contributed by atoms with Crippen molar-refractivity contribution >= 4 is 45.3 Å². The van der Waals surface area contributed by atoms with Crippen molar-refractivity contribution in [2.24, 2.45) is 5.73 Å². The molecule has 40 heavy (non-hydrogen) atoms. The molecule has 1 unspecified atom stereocenters. The molecule has 4 N–H and O–H groups in total. The van der Waals surface area contributed by atoms with Gasteiger partial charge in [-0.2, -0.15) is 0 Å². The van der Waals surface area contributed by atoms with Gasteiger partial charge in [0, 0.05) is 59.8 Å². The summed E-state index contributed by atoms with van der Waals surface area (Å²) in [4.78, 5) is 11.2. The van der Waals surface area contributed by atoms with E-state index in [2.05, 4.69) is 83.8 Å². The minimum Gasteiger partial charge on any atom is -0.360 e. The van der Waals surface area contributed by atoms with Crippen molar-refractivity contribution in [3.63, 3.8) is 0 Å². The van der Waals surface area contributed by atoms with Crippen LogP contribution < -0.4 is 5.73 Å². The van der Waals surface area contributed by atoms with E-state index in [9.17, 15) is 4.39 Å². The van der Waals surface area contributed by atoms with Gasteiger partial charge < -0.3 is 15.7 Å². The van der Waals surface area contributed by atoms with E-state index < -0.39 is 0 Å². The smallest absolute Gasteiger partial charge is 0.133 e. The number of halogens is 1. The zero-order valence-corrected chi connectivity index (χ0v) is 24.0. The highest BCUT2D eigenvalue weighted by atomic mass is 32.2. The first-order chi connectivity index (χ1) is 19.6. The Kier molecular flexibility index (Phi) is 8.00. The lowest BCUT2D eigenvalue weighted by Gasteiger charge is -2.16. The lowest BCUT2D eigenvalue weighted by molar-refractivity contribution is 0.603.